The second-order valence-electron chi connectivity index (χ2n) is 5.55. The van der Waals surface area contributed by atoms with Gasteiger partial charge in [-0.15, -0.1) is 0 Å². The molecule has 22 heavy (non-hydrogen) atoms. The number of nitrogens with zero attached hydrogens (tertiary/aromatic N) is 1. The average Bonchev–Trinajstić information content (AvgIpc) is 3.02. The Morgan fingerprint density at radius 1 is 1.23 bits per heavy atom. The fraction of sp³-hybridized carbons (Fsp3) is 0.471. The van der Waals surface area contributed by atoms with Crippen molar-refractivity contribution in [2.45, 2.75) is 44.7 Å². The predicted octanol–water partition coefficient (Wildman–Crippen LogP) is 1.66. The smallest absolute Gasteiger partial charge is 0.223 e. The molecule has 1 heterocycles. The SMILES string of the molecule is O=C[C@@H]1CCCN1C(=O)CCCC(=O)NCc1ccccc1. The van der Waals surface area contributed by atoms with Crippen molar-refractivity contribution in [2.75, 3.05) is 6.54 Å². The molecule has 1 fully saturated rings. The molecule has 1 atom stereocenters. The van der Waals surface area contributed by atoms with Crippen molar-refractivity contribution in [3.05, 3.63) is 35.9 Å². The number of rotatable bonds is 7. The van der Waals surface area contributed by atoms with E-state index in [9.17, 15) is 14.4 Å². The second-order valence-corrected chi connectivity index (χ2v) is 5.55. The van der Waals surface area contributed by atoms with E-state index in [1.165, 1.54) is 0 Å². The van der Waals surface area contributed by atoms with Gasteiger partial charge in [0, 0.05) is 25.9 Å². The maximum absolute atomic E-state index is 12.0. The monoisotopic (exact) mass is 302 g/mol. The summed E-state index contributed by atoms with van der Waals surface area (Å²) in [6, 6.07) is 9.44. The Kier molecular flexibility index (Phi) is 6.13. The Morgan fingerprint density at radius 2 is 2.00 bits per heavy atom. The number of carbonyl (C=O) groups is 3. The molecule has 1 N–H and O–H groups in total. The van der Waals surface area contributed by atoms with E-state index < -0.39 is 0 Å². The molecular formula is C17H22N2O3. The molecule has 0 saturated carbocycles. The molecule has 0 unspecified atom stereocenters. The van der Waals surface area contributed by atoms with Crippen molar-refractivity contribution in [3.8, 4) is 0 Å². The fourth-order valence-corrected chi connectivity index (χ4v) is 2.67. The van der Waals surface area contributed by atoms with E-state index in [0.29, 0.717) is 32.4 Å². The van der Waals surface area contributed by atoms with Crippen LogP contribution in [0.2, 0.25) is 0 Å². The maximum Gasteiger partial charge on any atom is 0.223 e. The van der Waals surface area contributed by atoms with Gasteiger partial charge in [-0.25, -0.2) is 0 Å². The van der Waals surface area contributed by atoms with Gasteiger partial charge in [0.15, 0.2) is 0 Å². The molecule has 1 aromatic rings. The van der Waals surface area contributed by atoms with E-state index in [-0.39, 0.29) is 17.9 Å². The van der Waals surface area contributed by atoms with Gasteiger partial charge in [0.2, 0.25) is 11.8 Å². The molecule has 5 nitrogen and oxygen atoms in total. The van der Waals surface area contributed by atoms with Crippen LogP contribution in [0.25, 0.3) is 0 Å². The first-order chi connectivity index (χ1) is 10.7. The standard InChI is InChI=1S/C17H22N2O3/c20-13-15-8-5-11-19(15)17(22)10-4-9-16(21)18-12-14-6-2-1-3-7-14/h1-3,6-7,13,15H,4-5,8-12H2,(H,18,21)/t15-/m0/s1. The van der Waals surface area contributed by atoms with E-state index in [4.69, 9.17) is 0 Å². The zero-order chi connectivity index (χ0) is 15.8. The third-order valence-corrected chi connectivity index (χ3v) is 3.90. The topological polar surface area (TPSA) is 66.5 Å². The lowest BCUT2D eigenvalue weighted by molar-refractivity contribution is -0.134. The van der Waals surface area contributed by atoms with Crippen LogP contribution in [-0.2, 0) is 20.9 Å². The molecule has 5 heteroatoms. The van der Waals surface area contributed by atoms with E-state index in [1.807, 2.05) is 30.3 Å². The van der Waals surface area contributed by atoms with Gasteiger partial charge in [0.1, 0.15) is 6.29 Å². The fourth-order valence-electron chi connectivity index (χ4n) is 2.67. The summed E-state index contributed by atoms with van der Waals surface area (Å²) in [5.74, 6) is -0.0736. The first-order valence-electron chi connectivity index (χ1n) is 7.76. The number of nitrogens with one attached hydrogen (secondary N) is 1. The number of hydrogen-bond acceptors (Lipinski definition) is 3. The highest BCUT2D eigenvalue weighted by molar-refractivity contribution is 5.81. The summed E-state index contributed by atoms with van der Waals surface area (Å²) in [5, 5.41) is 2.84. The van der Waals surface area contributed by atoms with Gasteiger partial charge in [0.25, 0.3) is 0 Å². The molecule has 2 amide bonds. The van der Waals surface area contributed by atoms with Crippen LogP contribution >= 0.6 is 0 Å². The van der Waals surface area contributed by atoms with Gasteiger partial charge in [-0.05, 0) is 24.8 Å². The molecule has 1 aromatic carbocycles. The van der Waals surface area contributed by atoms with Gasteiger partial charge in [0.05, 0.1) is 6.04 Å². The molecular weight excluding hydrogens is 280 g/mol. The Labute approximate surface area is 130 Å². The summed E-state index contributed by atoms with van der Waals surface area (Å²) in [7, 11) is 0. The molecule has 0 radical (unpaired) electrons. The van der Waals surface area contributed by atoms with Crippen LogP contribution in [0, 0.1) is 0 Å². The lowest BCUT2D eigenvalue weighted by Gasteiger charge is -2.20. The summed E-state index contributed by atoms with van der Waals surface area (Å²) in [6.45, 7) is 1.16. The van der Waals surface area contributed by atoms with E-state index in [2.05, 4.69) is 5.32 Å². The number of amides is 2. The highest BCUT2D eigenvalue weighted by Gasteiger charge is 2.27. The van der Waals surface area contributed by atoms with E-state index in [1.54, 1.807) is 4.90 Å². The minimum atomic E-state index is -0.264. The van der Waals surface area contributed by atoms with Crippen molar-refractivity contribution in [2.24, 2.45) is 0 Å². The Bertz CT molecular complexity index is 516. The van der Waals surface area contributed by atoms with Crippen molar-refractivity contribution in [1.29, 1.82) is 0 Å². The number of benzene rings is 1. The Balaban J connectivity index is 1.64. The predicted molar refractivity (Wildman–Crippen MR) is 82.9 cm³/mol. The highest BCUT2D eigenvalue weighted by Crippen LogP contribution is 2.17. The molecule has 1 aliphatic heterocycles. The lowest BCUT2D eigenvalue weighted by Crippen LogP contribution is -2.36. The van der Waals surface area contributed by atoms with Crippen LogP contribution < -0.4 is 5.32 Å². The third-order valence-electron chi connectivity index (χ3n) is 3.90. The van der Waals surface area contributed by atoms with Gasteiger partial charge in [-0.3, -0.25) is 9.59 Å². The summed E-state index contributed by atoms with van der Waals surface area (Å²) in [4.78, 5) is 36.3. The minimum Gasteiger partial charge on any atom is -0.352 e. The van der Waals surface area contributed by atoms with Crippen molar-refractivity contribution in [3.63, 3.8) is 0 Å². The molecule has 0 bridgehead atoms. The summed E-state index contributed by atoms with van der Waals surface area (Å²) in [6.07, 6.45) is 3.65. The average molecular weight is 302 g/mol. The molecule has 0 spiro atoms. The van der Waals surface area contributed by atoms with Gasteiger partial charge >= 0.3 is 0 Å². The lowest BCUT2D eigenvalue weighted by atomic mass is 10.2. The molecule has 1 saturated heterocycles. The van der Waals surface area contributed by atoms with Crippen molar-refractivity contribution < 1.29 is 14.4 Å². The van der Waals surface area contributed by atoms with Crippen LogP contribution in [0.5, 0.6) is 0 Å². The number of hydrogen-bond donors (Lipinski definition) is 1. The van der Waals surface area contributed by atoms with E-state index >= 15 is 0 Å². The first-order valence-corrected chi connectivity index (χ1v) is 7.76. The molecule has 118 valence electrons. The third kappa shape index (κ3) is 4.69. The van der Waals surface area contributed by atoms with Crippen LogP contribution in [0.1, 0.15) is 37.7 Å². The summed E-state index contributed by atoms with van der Waals surface area (Å²) < 4.78 is 0. The summed E-state index contributed by atoms with van der Waals surface area (Å²) in [5.41, 5.74) is 1.05. The second kappa shape index (κ2) is 8.32. The zero-order valence-corrected chi connectivity index (χ0v) is 12.7. The van der Waals surface area contributed by atoms with Crippen LogP contribution in [0.15, 0.2) is 30.3 Å². The van der Waals surface area contributed by atoms with Crippen molar-refractivity contribution >= 4 is 18.1 Å². The van der Waals surface area contributed by atoms with Gasteiger partial charge in [-0.1, -0.05) is 30.3 Å². The molecule has 2 rings (SSSR count). The quantitative estimate of drug-likeness (QED) is 0.779. The minimum absolute atomic E-state index is 0.0227. The van der Waals surface area contributed by atoms with Gasteiger partial charge in [-0.2, -0.15) is 0 Å². The van der Waals surface area contributed by atoms with Gasteiger partial charge < -0.3 is 15.0 Å². The van der Waals surface area contributed by atoms with E-state index in [0.717, 1.165) is 24.7 Å². The van der Waals surface area contributed by atoms with Crippen LogP contribution in [-0.4, -0.2) is 35.6 Å². The van der Waals surface area contributed by atoms with Crippen molar-refractivity contribution in [1.82, 2.24) is 10.2 Å². The maximum atomic E-state index is 12.0. The number of carbonyl (C=O) groups excluding carboxylic acids is 3. The highest BCUT2D eigenvalue weighted by atomic mass is 16.2. The molecule has 1 aliphatic rings. The normalized spacial score (nSPS) is 17.3. The largest absolute Gasteiger partial charge is 0.352 e. The Morgan fingerprint density at radius 3 is 2.73 bits per heavy atom. The van der Waals surface area contributed by atoms with Crippen LogP contribution in [0.3, 0.4) is 0 Å². The zero-order valence-electron chi connectivity index (χ0n) is 12.7. The molecule has 0 aromatic heterocycles. The van der Waals surface area contributed by atoms with Crippen LogP contribution in [0.4, 0.5) is 0 Å². The Hall–Kier alpha value is -2.17. The first kappa shape index (κ1) is 16.2. The summed E-state index contributed by atoms with van der Waals surface area (Å²) >= 11 is 0. The molecule has 0 aliphatic carbocycles. The number of likely N-dealkylation sites (tertiary alicyclic amines) is 1. The number of aldehydes is 1.